The Bertz CT molecular complexity index is 401. The van der Waals surface area contributed by atoms with Gasteiger partial charge in [-0.3, -0.25) is 0 Å². The molecule has 80 valence electrons. The van der Waals surface area contributed by atoms with Gasteiger partial charge in [0.15, 0.2) is 0 Å². The highest BCUT2D eigenvalue weighted by molar-refractivity contribution is 8.12. The van der Waals surface area contributed by atoms with Crippen LogP contribution in [-0.4, -0.2) is 44.0 Å². The van der Waals surface area contributed by atoms with Gasteiger partial charge in [-0.05, 0) is 0 Å². The first-order valence-electron chi connectivity index (χ1n) is 2.72. The van der Waals surface area contributed by atoms with Crippen molar-refractivity contribution in [2.24, 2.45) is 0 Å². The molecule has 0 N–H and O–H groups in total. The van der Waals surface area contributed by atoms with E-state index in [1.165, 1.54) is 0 Å². The molecule has 0 saturated carbocycles. The van der Waals surface area contributed by atoms with Crippen LogP contribution in [0.2, 0.25) is 0 Å². The Morgan fingerprint density at radius 1 is 0.615 bits per heavy atom. The van der Waals surface area contributed by atoms with Crippen LogP contribution >= 0.6 is 0 Å². The first-order chi connectivity index (χ1) is 5.37. The number of hydrogen-bond acceptors (Lipinski definition) is 6. The molecule has 10 heteroatoms. The highest BCUT2D eigenvalue weighted by Gasteiger charge is 2.43. The quantitative estimate of drug-likeness (QED) is 0.562. The van der Waals surface area contributed by atoms with Gasteiger partial charge in [0.2, 0.25) is 0 Å². The van der Waals surface area contributed by atoms with Gasteiger partial charge in [-0.15, -0.1) is 0 Å². The van der Waals surface area contributed by atoms with Crippen LogP contribution in [0.5, 0.6) is 0 Å². The molecule has 0 fully saturated rings. The Hall–Kier alpha value is -0.190. The second kappa shape index (κ2) is 3.19. The van der Waals surface area contributed by atoms with Crippen LogP contribution in [0.3, 0.4) is 0 Å². The third kappa shape index (κ3) is 3.58. The summed E-state index contributed by atoms with van der Waals surface area (Å²) in [6.45, 7) is 0. The van der Waals surface area contributed by atoms with Crippen LogP contribution < -0.4 is 0 Å². The lowest BCUT2D eigenvalue weighted by atomic mass is 12.0. The summed E-state index contributed by atoms with van der Waals surface area (Å²) in [4.78, 5) is 0. The third-order valence-electron chi connectivity index (χ3n) is 0.742. The molecule has 0 spiro atoms. The fraction of sp³-hybridized carbons (Fsp3) is 1.00. The maximum absolute atomic E-state index is 10.8. The highest BCUT2D eigenvalue weighted by atomic mass is 32.4. The van der Waals surface area contributed by atoms with Gasteiger partial charge in [-0.1, -0.05) is 2.71 Å². The maximum atomic E-state index is 10.8. The van der Waals surface area contributed by atoms with Crippen LogP contribution in [0.15, 0.2) is 0 Å². The standard InChI is InChI=1S/C3H9O7S3/c1-11(4,5)10(12(2,6)7)13(3,8)9/h1-3H3/q+1. The Kier molecular flexibility index (Phi) is 3.14. The highest BCUT2D eigenvalue weighted by Crippen LogP contribution is 2.17. The molecule has 0 amide bonds. The minimum Gasteiger partial charge on any atom is -0.151 e. The molecule has 0 aromatic heterocycles. The zero-order chi connectivity index (χ0) is 11.1. The lowest BCUT2D eigenvalue weighted by Gasteiger charge is -2.07. The molecular weight excluding hydrogens is 244 g/mol. The molecule has 0 bridgehead atoms. The average molecular weight is 253 g/mol. The molecule has 0 aliphatic heterocycles. The van der Waals surface area contributed by atoms with Gasteiger partial charge in [0.1, 0.15) is 18.8 Å². The Morgan fingerprint density at radius 2 is 0.769 bits per heavy atom. The predicted molar refractivity (Wildman–Crippen MR) is 45.6 cm³/mol. The SMILES string of the molecule is CS(=O)(=O)[O+](S(C)(=O)=O)S(C)(=O)=O. The number of hydrogen-bond donors (Lipinski definition) is 0. The fourth-order valence-corrected chi connectivity index (χ4v) is 6.06. The molecule has 0 aromatic carbocycles. The second-order valence-electron chi connectivity index (χ2n) is 2.32. The van der Waals surface area contributed by atoms with Crippen LogP contribution in [0, 0.1) is 0 Å². The van der Waals surface area contributed by atoms with Crippen molar-refractivity contribution in [2.75, 3.05) is 18.8 Å². The summed E-state index contributed by atoms with van der Waals surface area (Å²) in [5.41, 5.74) is 0. The Balaban J connectivity index is 5.87. The molecule has 0 heterocycles. The lowest BCUT2D eigenvalue weighted by Crippen LogP contribution is -2.31. The normalized spacial score (nSPS) is 14.8. The van der Waals surface area contributed by atoms with E-state index in [2.05, 4.69) is 0 Å². The molecule has 0 aliphatic rings. The van der Waals surface area contributed by atoms with Crippen LogP contribution in [0.4, 0.5) is 0 Å². The summed E-state index contributed by atoms with van der Waals surface area (Å²) < 4.78 is 64.9. The molecule has 0 unspecified atom stereocenters. The van der Waals surface area contributed by atoms with E-state index in [1.54, 1.807) is 0 Å². The molecule has 0 saturated heterocycles. The van der Waals surface area contributed by atoms with Crippen LogP contribution in [0.25, 0.3) is 0 Å². The van der Waals surface area contributed by atoms with Crippen LogP contribution in [-0.2, 0) is 33.1 Å². The third-order valence-corrected chi connectivity index (χ3v) is 6.67. The molecule has 13 heavy (non-hydrogen) atoms. The van der Waals surface area contributed by atoms with Gasteiger partial charge in [0, 0.05) is 0 Å². The zero-order valence-electron chi connectivity index (χ0n) is 7.08. The molecule has 0 atom stereocenters. The lowest BCUT2D eigenvalue weighted by molar-refractivity contribution is 0.369. The van der Waals surface area contributed by atoms with Crippen molar-refractivity contribution >= 4 is 30.4 Å². The van der Waals surface area contributed by atoms with E-state index in [-0.39, 0.29) is 0 Å². The minimum absolute atomic E-state index is 0.396. The fourth-order valence-electron chi connectivity index (χ4n) is 0.674. The van der Waals surface area contributed by atoms with Crippen molar-refractivity contribution in [1.82, 2.24) is 0 Å². The monoisotopic (exact) mass is 253 g/mol. The first-order valence-corrected chi connectivity index (χ1v) is 8.17. The van der Waals surface area contributed by atoms with Gasteiger partial charge >= 0.3 is 30.4 Å². The zero-order valence-corrected chi connectivity index (χ0v) is 9.53. The summed E-state index contributed by atoms with van der Waals surface area (Å²) in [5.74, 6) is 0. The van der Waals surface area contributed by atoms with E-state index in [0.717, 1.165) is 0 Å². The minimum atomic E-state index is -4.41. The average Bonchev–Trinajstić information content (AvgIpc) is 1.44. The largest absolute Gasteiger partial charge is 0.408 e. The summed E-state index contributed by atoms with van der Waals surface area (Å²) in [7, 11) is -13.2. The van der Waals surface area contributed by atoms with Gasteiger partial charge in [0.05, 0.1) is 0 Å². The van der Waals surface area contributed by atoms with Gasteiger partial charge in [0.25, 0.3) is 0 Å². The molecule has 0 aliphatic carbocycles. The Morgan fingerprint density at radius 3 is 0.769 bits per heavy atom. The first kappa shape index (κ1) is 12.8. The summed E-state index contributed by atoms with van der Waals surface area (Å²) in [6, 6.07) is 0. The van der Waals surface area contributed by atoms with Gasteiger partial charge in [-0.25, -0.2) is 0 Å². The smallest absolute Gasteiger partial charge is 0.151 e. The van der Waals surface area contributed by atoms with Crippen molar-refractivity contribution in [3.63, 3.8) is 0 Å². The van der Waals surface area contributed by atoms with Crippen molar-refractivity contribution in [2.45, 2.75) is 0 Å². The predicted octanol–water partition coefficient (Wildman–Crippen LogP) is -1.58. The van der Waals surface area contributed by atoms with E-state index >= 15 is 0 Å². The van der Waals surface area contributed by atoms with E-state index in [9.17, 15) is 25.3 Å². The molecule has 0 aromatic rings. The van der Waals surface area contributed by atoms with Crippen molar-refractivity contribution < 1.29 is 28.0 Å². The summed E-state index contributed by atoms with van der Waals surface area (Å²) in [6.07, 6.45) is 1.37. The molecular formula is C3H9O7S3+. The Labute approximate surface area is 77.4 Å². The van der Waals surface area contributed by atoms with Crippen molar-refractivity contribution in [1.29, 1.82) is 0 Å². The van der Waals surface area contributed by atoms with E-state index in [4.69, 9.17) is 0 Å². The topological polar surface area (TPSA) is 105 Å². The van der Waals surface area contributed by atoms with E-state index in [0.29, 0.717) is 21.5 Å². The van der Waals surface area contributed by atoms with E-state index < -0.39 is 30.4 Å². The summed E-state index contributed by atoms with van der Waals surface area (Å²) in [5, 5.41) is 0. The molecule has 0 rings (SSSR count). The second-order valence-corrected chi connectivity index (χ2v) is 8.17. The molecule has 0 radical (unpaired) electrons. The number of rotatable bonds is 3. The maximum Gasteiger partial charge on any atom is 0.408 e. The van der Waals surface area contributed by atoms with Crippen molar-refractivity contribution in [3.05, 3.63) is 0 Å². The van der Waals surface area contributed by atoms with E-state index in [1.807, 2.05) is 0 Å². The van der Waals surface area contributed by atoms with Crippen LogP contribution in [0.1, 0.15) is 0 Å². The molecule has 7 nitrogen and oxygen atoms in total. The van der Waals surface area contributed by atoms with Gasteiger partial charge < -0.3 is 0 Å². The summed E-state index contributed by atoms with van der Waals surface area (Å²) >= 11 is 0. The van der Waals surface area contributed by atoms with Crippen molar-refractivity contribution in [3.8, 4) is 0 Å². The van der Waals surface area contributed by atoms with Gasteiger partial charge in [-0.2, -0.15) is 25.3 Å².